The smallest absolute Gasteiger partial charge is 0.338 e. The van der Waals surface area contributed by atoms with E-state index in [0.29, 0.717) is 0 Å². The molecule has 1 aromatic carbocycles. The number of hydrogen-bond donors (Lipinski definition) is 1. The van der Waals surface area contributed by atoms with E-state index in [-0.39, 0.29) is 31.7 Å². The average molecular weight is 391 g/mol. The van der Waals surface area contributed by atoms with Crippen molar-refractivity contribution in [2.75, 3.05) is 32.7 Å². The van der Waals surface area contributed by atoms with Crippen LogP contribution in [0.15, 0.2) is 24.3 Å². The maximum atomic E-state index is 13.2. The molecule has 0 bridgehead atoms. The van der Waals surface area contributed by atoms with E-state index in [1.165, 1.54) is 21.9 Å². The Bertz CT molecular complexity index is 730. The first-order valence-electron chi connectivity index (χ1n) is 8.43. The van der Waals surface area contributed by atoms with Crippen molar-refractivity contribution in [1.29, 1.82) is 0 Å². The number of carbonyl (C=O) groups excluding carboxylic acids is 2. The fraction of sp³-hybridized carbons (Fsp3) is 0.529. The van der Waals surface area contributed by atoms with Crippen LogP contribution in [0.2, 0.25) is 0 Å². The summed E-state index contributed by atoms with van der Waals surface area (Å²) in [5.41, 5.74) is -0.989. The number of nitrogens with one attached hydrogen (secondary N) is 1. The predicted octanol–water partition coefficient (Wildman–Crippen LogP) is 1.99. The van der Waals surface area contributed by atoms with Crippen molar-refractivity contribution in [3.63, 3.8) is 0 Å². The molecule has 2 heterocycles. The molecule has 2 aliphatic rings. The molecule has 2 amide bonds. The second-order valence-electron chi connectivity index (χ2n) is 6.69. The summed E-state index contributed by atoms with van der Waals surface area (Å²) >= 11 is 0. The molecule has 0 aromatic heterocycles. The number of hydrogen-bond acceptors (Lipinski definition) is 3. The van der Waals surface area contributed by atoms with Gasteiger partial charge in [-0.2, -0.15) is 13.2 Å². The van der Waals surface area contributed by atoms with Gasteiger partial charge in [0, 0.05) is 38.2 Å². The number of alkyl halides is 5. The van der Waals surface area contributed by atoms with Crippen LogP contribution in [0.3, 0.4) is 0 Å². The largest absolute Gasteiger partial charge is 0.416 e. The zero-order chi connectivity index (χ0) is 19.8. The number of halogens is 5. The summed E-state index contributed by atoms with van der Waals surface area (Å²) in [5, 5.41) is 2.50. The van der Waals surface area contributed by atoms with Crippen LogP contribution in [-0.4, -0.2) is 66.3 Å². The summed E-state index contributed by atoms with van der Waals surface area (Å²) in [5.74, 6) is -3.92. The molecule has 1 aromatic rings. The zero-order valence-corrected chi connectivity index (χ0v) is 14.2. The number of amides is 2. The number of carbonyl (C=O) groups is 2. The van der Waals surface area contributed by atoms with Crippen molar-refractivity contribution in [3.05, 3.63) is 35.4 Å². The summed E-state index contributed by atoms with van der Waals surface area (Å²) in [6.45, 7) is 0.00579. The van der Waals surface area contributed by atoms with Crippen LogP contribution < -0.4 is 5.32 Å². The first-order valence-corrected chi connectivity index (χ1v) is 8.43. The Labute approximate surface area is 152 Å². The minimum absolute atomic E-state index is 0.0818. The minimum atomic E-state index is -4.54. The van der Waals surface area contributed by atoms with Gasteiger partial charge in [-0.15, -0.1) is 0 Å². The van der Waals surface area contributed by atoms with Gasteiger partial charge in [-0.25, -0.2) is 8.78 Å². The first-order chi connectivity index (χ1) is 12.6. The topological polar surface area (TPSA) is 52.7 Å². The molecule has 2 saturated heterocycles. The van der Waals surface area contributed by atoms with Crippen molar-refractivity contribution >= 4 is 11.8 Å². The molecular formula is C17H18F5N3O2. The van der Waals surface area contributed by atoms with Crippen LogP contribution >= 0.6 is 0 Å². The highest BCUT2D eigenvalue weighted by molar-refractivity contribution is 5.94. The standard InChI is InChI=1S/C17H18F5N3O2/c18-16(19)9-13(23-10-16)15(27)25-6-4-24(5-7-25)14(26)11-2-1-3-12(8-11)17(20,21)22/h1-3,8,13,23H,4-7,9-10H2. The minimum Gasteiger partial charge on any atom is -0.338 e. The van der Waals surface area contributed by atoms with E-state index in [2.05, 4.69) is 5.32 Å². The van der Waals surface area contributed by atoms with Gasteiger partial charge in [0.05, 0.1) is 18.2 Å². The van der Waals surface area contributed by atoms with E-state index >= 15 is 0 Å². The third kappa shape index (κ3) is 4.37. The molecule has 0 radical (unpaired) electrons. The molecule has 0 spiro atoms. The van der Waals surface area contributed by atoms with Crippen LogP contribution in [0, 0.1) is 0 Å². The van der Waals surface area contributed by atoms with E-state index in [9.17, 15) is 31.5 Å². The molecular weight excluding hydrogens is 373 g/mol. The monoisotopic (exact) mass is 391 g/mol. The zero-order valence-electron chi connectivity index (χ0n) is 14.2. The maximum absolute atomic E-state index is 13.2. The van der Waals surface area contributed by atoms with Gasteiger partial charge in [-0.05, 0) is 18.2 Å². The van der Waals surface area contributed by atoms with E-state index in [4.69, 9.17) is 0 Å². The van der Waals surface area contributed by atoms with Gasteiger partial charge in [0.2, 0.25) is 5.91 Å². The van der Waals surface area contributed by atoms with Crippen LogP contribution in [0.25, 0.3) is 0 Å². The van der Waals surface area contributed by atoms with Gasteiger partial charge < -0.3 is 9.80 Å². The number of rotatable bonds is 2. The van der Waals surface area contributed by atoms with Gasteiger partial charge in [0.25, 0.3) is 11.8 Å². The highest BCUT2D eigenvalue weighted by Gasteiger charge is 2.44. The lowest BCUT2D eigenvalue weighted by atomic mass is 10.1. The van der Waals surface area contributed by atoms with Crippen LogP contribution in [0.4, 0.5) is 22.0 Å². The van der Waals surface area contributed by atoms with E-state index in [0.717, 1.165) is 12.1 Å². The molecule has 1 atom stereocenters. The molecule has 148 valence electrons. The average Bonchev–Trinajstić information content (AvgIpc) is 3.00. The van der Waals surface area contributed by atoms with Gasteiger partial charge in [0.15, 0.2) is 0 Å². The van der Waals surface area contributed by atoms with E-state index in [1.807, 2.05) is 0 Å². The van der Waals surface area contributed by atoms with Crippen molar-refractivity contribution in [1.82, 2.24) is 15.1 Å². The fourth-order valence-electron chi connectivity index (χ4n) is 3.25. The molecule has 0 aliphatic carbocycles. The van der Waals surface area contributed by atoms with Gasteiger partial charge in [-0.1, -0.05) is 6.07 Å². The van der Waals surface area contributed by atoms with Gasteiger partial charge in [-0.3, -0.25) is 14.9 Å². The number of benzene rings is 1. The van der Waals surface area contributed by atoms with Gasteiger partial charge >= 0.3 is 6.18 Å². The molecule has 2 aliphatic heterocycles. The van der Waals surface area contributed by atoms with E-state index < -0.39 is 48.5 Å². The van der Waals surface area contributed by atoms with Gasteiger partial charge in [0.1, 0.15) is 0 Å². The Balaban J connectivity index is 1.59. The molecule has 1 unspecified atom stereocenters. The first kappa shape index (κ1) is 19.5. The summed E-state index contributed by atoms with van der Waals surface area (Å²) < 4.78 is 64.8. The lowest BCUT2D eigenvalue weighted by Crippen LogP contribution is -2.54. The third-order valence-electron chi connectivity index (χ3n) is 4.72. The quantitative estimate of drug-likeness (QED) is 0.785. The van der Waals surface area contributed by atoms with Crippen molar-refractivity contribution in [2.24, 2.45) is 0 Å². The molecule has 10 heteroatoms. The third-order valence-corrected chi connectivity index (χ3v) is 4.72. The normalized spacial score (nSPS) is 22.8. The SMILES string of the molecule is O=C(c1cccc(C(F)(F)F)c1)N1CCN(C(=O)C2CC(F)(F)CN2)CC1. The Kier molecular flexibility index (Phi) is 5.11. The molecule has 0 saturated carbocycles. The maximum Gasteiger partial charge on any atom is 0.416 e. The molecule has 3 rings (SSSR count). The second kappa shape index (κ2) is 7.06. The van der Waals surface area contributed by atoms with Crippen LogP contribution in [0.1, 0.15) is 22.3 Å². The lowest BCUT2D eigenvalue weighted by molar-refractivity contribution is -0.137. The molecule has 27 heavy (non-hydrogen) atoms. The number of piperazine rings is 1. The summed E-state index contributed by atoms with van der Waals surface area (Å²) in [6.07, 6.45) is -5.10. The molecule has 2 fully saturated rings. The second-order valence-corrected chi connectivity index (χ2v) is 6.69. The highest BCUT2D eigenvalue weighted by atomic mass is 19.4. The summed E-state index contributed by atoms with van der Waals surface area (Å²) in [4.78, 5) is 27.5. The Morgan fingerprint density at radius 3 is 2.26 bits per heavy atom. The number of nitrogens with zero attached hydrogens (tertiary/aromatic N) is 2. The van der Waals surface area contributed by atoms with Crippen molar-refractivity contribution < 1.29 is 31.5 Å². The Hall–Kier alpha value is -2.23. The van der Waals surface area contributed by atoms with Crippen LogP contribution in [0.5, 0.6) is 0 Å². The summed E-state index contributed by atoms with van der Waals surface area (Å²) in [7, 11) is 0. The van der Waals surface area contributed by atoms with Crippen LogP contribution in [-0.2, 0) is 11.0 Å². The molecule has 1 N–H and O–H groups in total. The fourth-order valence-corrected chi connectivity index (χ4v) is 3.25. The van der Waals surface area contributed by atoms with Crippen molar-refractivity contribution in [3.8, 4) is 0 Å². The highest BCUT2D eigenvalue weighted by Crippen LogP contribution is 2.30. The summed E-state index contributed by atoms with van der Waals surface area (Å²) in [6, 6.07) is 3.20. The lowest BCUT2D eigenvalue weighted by Gasteiger charge is -2.36. The van der Waals surface area contributed by atoms with Crippen molar-refractivity contribution in [2.45, 2.75) is 24.6 Å². The Morgan fingerprint density at radius 1 is 1.07 bits per heavy atom. The predicted molar refractivity (Wildman–Crippen MR) is 85.3 cm³/mol. The van der Waals surface area contributed by atoms with E-state index in [1.54, 1.807) is 0 Å². The Morgan fingerprint density at radius 2 is 1.70 bits per heavy atom. The molecule has 5 nitrogen and oxygen atoms in total.